The van der Waals surface area contributed by atoms with Crippen LogP contribution < -0.4 is 10.6 Å². The fourth-order valence-electron chi connectivity index (χ4n) is 2.91. The standard InChI is InChI=1S/C22H25N5O2S/c1-15-8-7-11-18(12-15)21(29)23-13-19-25-26-22(27(19)3)30-14-20(28)24-16(2)17-9-5-4-6-10-17/h4-12,16H,13-14H2,1-3H3,(H,23,29)(H,24,28)/t16-/m1/s1. The molecule has 1 aromatic heterocycles. The molecule has 0 bridgehead atoms. The summed E-state index contributed by atoms with van der Waals surface area (Å²) < 4.78 is 1.79. The number of aromatic nitrogens is 3. The monoisotopic (exact) mass is 423 g/mol. The van der Waals surface area contributed by atoms with Crippen molar-refractivity contribution >= 4 is 23.6 Å². The number of benzene rings is 2. The molecular formula is C22H25N5O2S. The topological polar surface area (TPSA) is 88.9 Å². The number of nitrogens with one attached hydrogen (secondary N) is 2. The number of hydrogen-bond donors (Lipinski definition) is 2. The Balaban J connectivity index is 1.50. The van der Waals surface area contributed by atoms with Gasteiger partial charge in [-0.2, -0.15) is 0 Å². The van der Waals surface area contributed by atoms with E-state index in [-0.39, 0.29) is 30.2 Å². The molecule has 7 nitrogen and oxygen atoms in total. The van der Waals surface area contributed by atoms with Crippen LogP contribution in [0.5, 0.6) is 0 Å². The molecule has 2 N–H and O–H groups in total. The van der Waals surface area contributed by atoms with Crippen molar-refractivity contribution in [3.05, 3.63) is 77.1 Å². The predicted molar refractivity (Wildman–Crippen MR) is 117 cm³/mol. The van der Waals surface area contributed by atoms with Gasteiger partial charge in [0.25, 0.3) is 5.91 Å². The summed E-state index contributed by atoms with van der Waals surface area (Å²) in [4.78, 5) is 24.6. The first kappa shape index (κ1) is 21.6. The fourth-order valence-corrected chi connectivity index (χ4v) is 3.65. The number of aryl methyl sites for hydroxylation is 1. The molecule has 0 aliphatic heterocycles. The molecular weight excluding hydrogens is 398 g/mol. The van der Waals surface area contributed by atoms with Crippen molar-refractivity contribution in [2.45, 2.75) is 31.6 Å². The van der Waals surface area contributed by atoms with Gasteiger partial charge in [0, 0.05) is 12.6 Å². The molecule has 0 radical (unpaired) electrons. The smallest absolute Gasteiger partial charge is 0.251 e. The fraction of sp³-hybridized carbons (Fsp3) is 0.273. The zero-order valence-electron chi connectivity index (χ0n) is 17.3. The van der Waals surface area contributed by atoms with Gasteiger partial charge in [-0.05, 0) is 31.5 Å². The summed E-state index contributed by atoms with van der Waals surface area (Å²) in [6, 6.07) is 17.2. The number of thioether (sulfide) groups is 1. The van der Waals surface area contributed by atoms with Crippen LogP contribution in [0.2, 0.25) is 0 Å². The highest BCUT2D eigenvalue weighted by molar-refractivity contribution is 7.99. The molecule has 0 saturated carbocycles. The Bertz CT molecular complexity index is 1020. The molecule has 0 fully saturated rings. The molecule has 2 aromatic carbocycles. The van der Waals surface area contributed by atoms with Crippen molar-refractivity contribution in [2.24, 2.45) is 7.05 Å². The molecule has 156 valence electrons. The quantitative estimate of drug-likeness (QED) is 0.544. The third-order valence-electron chi connectivity index (χ3n) is 4.62. The van der Waals surface area contributed by atoms with Crippen LogP contribution in [0.3, 0.4) is 0 Å². The van der Waals surface area contributed by atoms with Crippen LogP contribution in [0, 0.1) is 6.92 Å². The summed E-state index contributed by atoms with van der Waals surface area (Å²) in [7, 11) is 1.82. The minimum atomic E-state index is -0.162. The van der Waals surface area contributed by atoms with Crippen LogP contribution >= 0.6 is 11.8 Å². The van der Waals surface area contributed by atoms with Gasteiger partial charge in [0.15, 0.2) is 11.0 Å². The van der Waals surface area contributed by atoms with Crippen molar-refractivity contribution in [3.8, 4) is 0 Å². The number of carbonyl (C=O) groups excluding carboxylic acids is 2. The lowest BCUT2D eigenvalue weighted by atomic mass is 10.1. The van der Waals surface area contributed by atoms with Crippen LogP contribution in [0.4, 0.5) is 0 Å². The first-order chi connectivity index (χ1) is 14.4. The second-order valence-electron chi connectivity index (χ2n) is 7.00. The lowest BCUT2D eigenvalue weighted by Gasteiger charge is -2.14. The summed E-state index contributed by atoms with van der Waals surface area (Å²) in [5.74, 6) is 0.620. The lowest BCUT2D eigenvalue weighted by molar-refractivity contribution is -0.119. The van der Waals surface area contributed by atoms with Gasteiger partial charge >= 0.3 is 0 Å². The molecule has 1 heterocycles. The van der Waals surface area contributed by atoms with Crippen molar-refractivity contribution in [1.82, 2.24) is 25.4 Å². The van der Waals surface area contributed by atoms with Crippen LogP contribution in [-0.2, 0) is 18.4 Å². The van der Waals surface area contributed by atoms with E-state index < -0.39 is 0 Å². The Morgan fingerprint density at radius 2 is 1.87 bits per heavy atom. The summed E-state index contributed by atoms with van der Waals surface area (Å²) in [5, 5.41) is 14.7. The number of carbonyl (C=O) groups is 2. The second kappa shape index (κ2) is 10.1. The Labute approximate surface area is 180 Å². The van der Waals surface area contributed by atoms with Gasteiger partial charge in [-0.1, -0.05) is 59.8 Å². The minimum absolute atomic E-state index is 0.0637. The first-order valence-electron chi connectivity index (χ1n) is 9.64. The van der Waals surface area contributed by atoms with Crippen molar-refractivity contribution in [2.75, 3.05) is 5.75 Å². The van der Waals surface area contributed by atoms with E-state index in [0.717, 1.165) is 11.1 Å². The summed E-state index contributed by atoms with van der Waals surface area (Å²) in [5.41, 5.74) is 2.69. The van der Waals surface area contributed by atoms with Gasteiger partial charge in [0.1, 0.15) is 0 Å². The highest BCUT2D eigenvalue weighted by Crippen LogP contribution is 2.17. The largest absolute Gasteiger partial charge is 0.349 e. The Morgan fingerprint density at radius 3 is 2.60 bits per heavy atom. The Kier molecular flexibility index (Phi) is 7.24. The zero-order valence-corrected chi connectivity index (χ0v) is 18.1. The van der Waals surface area contributed by atoms with Gasteiger partial charge in [-0.3, -0.25) is 9.59 Å². The third-order valence-corrected chi connectivity index (χ3v) is 5.64. The van der Waals surface area contributed by atoms with Crippen molar-refractivity contribution in [3.63, 3.8) is 0 Å². The van der Waals surface area contributed by atoms with Gasteiger partial charge in [-0.15, -0.1) is 10.2 Å². The van der Waals surface area contributed by atoms with Crippen LogP contribution in [0.25, 0.3) is 0 Å². The Hall–Kier alpha value is -3.13. The Morgan fingerprint density at radius 1 is 1.10 bits per heavy atom. The molecule has 3 rings (SSSR count). The average molecular weight is 424 g/mol. The molecule has 0 spiro atoms. The molecule has 30 heavy (non-hydrogen) atoms. The number of rotatable bonds is 8. The van der Waals surface area contributed by atoms with Crippen molar-refractivity contribution in [1.29, 1.82) is 0 Å². The molecule has 0 saturated heterocycles. The third kappa shape index (κ3) is 5.70. The van der Waals surface area contributed by atoms with E-state index in [1.165, 1.54) is 11.8 Å². The van der Waals surface area contributed by atoms with Gasteiger partial charge in [0.05, 0.1) is 18.3 Å². The predicted octanol–water partition coefficient (Wildman–Crippen LogP) is 3.02. The zero-order chi connectivity index (χ0) is 21.5. The summed E-state index contributed by atoms with van der Waals surface area (Å²) in [6.07, 6.45) is 0. The molecule has 8 heteroatoms. The van der Waals surface area contributed by atoms with E-state index in [1.54, 1.807) is 10.6 Å². The first-order valence-corrected chi connectivity index (χ1v) is 10.6. The van der Waals surface area contributed by atoms with E-state index in [4.69, 9.17) is 0 Å². The SMILES string of the molecule is Cc1cccc(C(=O)NCc2nnc(SCC(=O)N[C@H](C)c3ccccc3)n2C)c1. The normalized spacial score (nSPS) is 11.7. The molecule has 0 aliphatic carbocycles. The maximum absolute atomic E-state index is 12.3. The average Bonchev–Trinajstić information content (AvgIpc) is 3.10. The van der Waals surface area contributed by atoms with Crippen LogP contribution in [0.1, 0.15) is 40.3 Å². The van der Waals surface area contributed by atoms with Gasteiger partial charge in [-0.25, -0.2) is 0 Å². The van der Waals surface area contributed by atoms with Crippen LogP contribution in [-0.4, -0.2) is 32.3 Å². The van der Waals surface area contributed by atoms with E-state index in [9.17, 15) is 9.59 Å². The summed E-state index contributed by atoms with van der Waals surface area (Å²) >= 11 is 1.31. The van der Waals surface area contributed by atoms with Crippen LogP contribution in [0.15, 0.2) is 59.8 Å². The van der Waals surface area contributed by atoms with E-state index >= 15 is 0 Å². The molecule has 2 amide bonds. The van der Waals surface area contributed by atoms with Crippen molar-refractivity contribution < 1.29 is 9.59 Å². The number of nitrogens with zero attached hydrogens (tertiary/aromatic N) is 3. The molecule has 0 unspecified atom stereocenters. The maximum atomic E-state index is 12.3. The number of amides is 2. The molecule has 3 aromatic rings. The summed E-state index contributed by atoms with van der Waals surface area (Å²) in [6.45, 7) is 4.16. The maximum Gasteiger partial charge on any atom is 0.251 e. The van der Waals surface area contributed by atoms with Gasteiger partial charge < -0.3 is 15.2 Å². The highest BCUT2D eigenvalue weighted by atomic mass is 32.2. The van der Waals surface area contributed by atoms with Gasteiger partial charge in [0.2, 0.25) is 5.91 Å². The second-order valence-corrected chi connectivity index (χ2v) is 7.94. The minimum Gasteiger partial charge on any atom is -0.349 e. The van der Waals surface area contributed by atoms with E-state index in [1.807, 2.05) is 69.4 Å². The highest BCUT2D eigenvalue weighted by Gasteiger charge is 2.14. The lowest BCUT2D eigenvalue weighted by Crippen LogP contribution is -2.28. The number of hydrogen-bond acceptors (Lipinski definition) is 5. The molecule has 0 aliphatic rings. The molecule has 1 atom stereocenters. The van der Waals surface area contributed by atoms with E-state index in [0.29, 0.717) is 16.5 Å². The van der Waals surface area contributed by atoms with E-state index in [2.05, 4.69) is 20.8 Å².